The highest BCUT2D eigenvalue weighted by atomic mass is 28.4. The lowest BCUT2D eigenvalue weighted by Gasteiger charge is -2.46. The highest BCUT2D eigenvalue weighted by molar-refractivity contribution is 6.69. The first-order valence-electron chi connectivity index (χ1n) is 9.41. The van der Waals surface area contributed by atoms with Crippen LogP contribution < -0.4 is 0 Å². The lowest BCUT2D eigenvalue weighted by Crippen LogP contribution is -2.52. The summed E-state index contributed by atoms with van der Waals surface area (Å²) in [7, 11) is -1.96. The molecule has 0 saturated heterocycles. The first-order valence-corrected chi connectivity index (χ1v) is 12.8. The Morgan fingerprint density at radius 3 is 2.50 bits per heavy atom. The number of rotatable bonds is 10. The van der Waals surface area contributed by atoms with E-state index in [1.165, 1.54) is 0 Å². The number of carbonyl (C=O) groups excluding carboxylic acids is 2. The molecule has 0 aromatic rings. The average molecular weight is 376 g/mol. The summed E-state index contributed by atoms with van der Waals surface area (Å²) in [6, 6.07) is 2.51. The van der Waals surface area contributed by atoms with Gasteiger partial charge in [-0.15, -0.1) is 0 Å². The minimum Gasteiger partial charge on any atom is -0.399 e. The van der Waals surface area contributed by atoms with Crippen LogP contribution in [0.2, 0.25) is 19.6 Å². The van der Waals surface area contributed by atoms with Crippen molar-refractivity contribution in [3.8, 4) is 6.07 Å². The molecule has 1 aliphatic carbocycles. The van der Waals surface area contributed by atoms with Crippen molar-refractivity contribution in [2.24, 2.45) is 11.3 Å². The van der Waals surface area contributed by atoms with E-state index in [1.54, 1.807) is 6.92 Å². The maximum atomic E-state index is 10.9. The summed E-state index contributed by atoms with van der Waals surface area (Å²) < 4.78 is 6.49. The third kappa shape index (κ3) is 4.80. The van der Waals surface area contributed by atoms with E-state index in [0.717, 1.165) is 43.0 Å². The van der Waals surface area contributed by atoms with Crippen LogP contribution in [0.4, 0.5) is 0 Å². The number of nitrogens with zero attached hydrogens (tertiary/aromatic N) is 1. The quantitative estimate of drug-likeness (QED) is 0.234. The van der Waals surface area contributed by atoms with Gasteiger partial charge in [-0.2, -0.15) is 5.26 Å². The summed E-state index contributed by atoms with van der Waals surface area (Å²) in [6.07, 6.45) is 7.96. The molecule has 3 atom stereocenters. The zero-order chi connectivity index (χ0) is 20.0. The van der Waals surface area contributed by atoms with E-state index in [0.29, 0.717) is 19.3 Å². The van der Waals surface area contributed by atoms with E-state index >= 15 is 0 Å². The Bertz CT molecular complexity index is 614. The Morgan fingerprint density at radius 2 is 2.00 bits per heavy atom. The van der Waals surface area contributed by atoms with Gasteiger partial charge in [-0.05, 0) is 70.2 Å². The highest BCUT2D eigenvalue weighted by Crippen LogP contribution is 2.59. The first kappa shape index (κ1) is 22.5. The molecule has 0 bridgehead atoms. The van der Waals surface area contributed by atoms with Gasteiger partial charge in [-0.3, -0.25) is 4.79 Å². The molecule has 0 aromatic carbocycles. The fourth-order valence-corrected chi connectivity index (χ4v) is 5.60. The van der Waals surface area contributed by atoms with Crippen molar-refractivity contribution >= 4 is 20.9 Å². The molecule has 1 saturated carbocycles. The molecule has 1 rings (SSSR count). The molecular formula is C21H33NO3Si. The molecule has 144 valence electrons. The van der Waals surface area contributed by atoms with Crippen LogP contribution in [0.25, 0.3) is 0 Å². The summed E-state index contributed by atoms with van der Waals surface area (Å²) in [4.78, 5) is 21.7. The lowest BCUT2D eigenvalue weighted by atomic mass is 9.64. The van der Waals surface area contributed by atoms with Crippen LogP contribution >= 0.6 is 0 Å². The second-order valence-corrected chi connectivity index (χ2v) is 13.0. The van der Waals surface area contributed by atoms with Crippen LogP contribution in [-0.2, 0) is 14.0 Å². The Hall–Kier alpha value is -1.51. The van der Waals surface area contributed by atoms with Gasteiger partial charge in [0.25, 0.3) is 0 Å². The van der Waals surface area contributed by atoms with E-state index in [4.69, 9.17) is 4.43 Å². The number of aldehydes is 2. The van der Waals surface area contributed by atoms with Crippen molar-refractivity contribution in [1.82, 2.24) is 0 Å². The zero-order valence-corrected chi connectivity index (χ0v) is 17.9. The molecule has 0 N–H and O–H groups in total. The van der Waals surface area contributed by atoms with Crippen LogP contribution in [0, 0.1) is 22.7 Å². The standard InChI is InChI=1S/C21H33NO3Si/c1-17(15-24)9-7-11-19-12-13-21(16-22,25-26(4,5)6)20(19,3)18(2)10-8-14-23/h9,14-15,19H,2,7-8,10-13H2,1,3-6H3/b17-9+. The van der Waals surface area contributed by atoms with Gasteiger partial charge >= 0.3 is 0 Å². The Labute approximate surface area is 159 Å². The third-order valence-electron chi connectivity index (χ3n) is 5.63. The van der Waals surface area contributed by atoms with E-state index in [-0.39, 0.29) is 5.92 Å². The molecule has 1 aliphatic rings. The van der Waals surface area contributed by atoms with Gasteiger partial charge in [0.15, 0.2) is 13.9 Å². The van der Waals surface area contributed by atoms with Crippen LogP contribution in [0.5, 0.6) is 0 Å². The third-order valence-corrected chi connectivity index (χ3v) is 6.59. The Kier molecular flexibility index (Phi) is 7.73. The van der Waals surface area contributed by atoms with Gasteiger partial charge < -0.3 is 9.22 Å². The van der Waals surface area contributed by atoms with Crippen LogP contribution in [0.15, 0.2) is 23.8 Å². The van der Waals surface area contributed by atoms with Gasteiger partial charge in [-0.1, -0.05) is 25.2 Å². The lowest BCUT2D eigenvalue weighted by molar-refractivity contribution is -0.108. The number of allylic oxidation sites excluding steroid dienone is 2. The number of carbonyl (C=O) groups is 2. The first-order chi connectivity index (χ1) is 12.1. The monoisotopic (exact) mass is 375 g/mol. The van der Waals surface area contributed by atoms with Crippen molar-refractivity contribution in [2.75, 3.05) is 0 Å². The van der Waals surface area contributed by atoms with Crippen molar-refractivity contribution < 1.29 is 14.0 Å². The fourth-order valence-electron chi connectivity index (χ4n) is 4.19. The summed E-state index contributed by atoms with van der Waals surface area (Å²) in [5, 5.41) is 10.1. The molecule has 4 nitrogen and oxygen atoms in total. The minimum atomic E-state index is -1.96. The van der Waals surface area contributed by atoms with Crippen molar-refractivity contribution in [2.45, 2.75) is 77.6 Å². The SMILES string of the molecule is C=C(CCC=O)C1(C)C(CC/C=C(\C)C=O)CCC1(C#N)O[Si](C)(C)C. The molecular weight excluding hydrogens is 342 g/mol. The van der Waals surface area contributed by atoms with E-state index < -0.39 is 19.3 Å². The fraction of sp³-hybridized carbons (Fsp3) is 0.667. The molecule has 0 spiro atoms. The molecule has 26 heavy (non-hydrogen) atoms. The largest absolute Gasteiger partial charge is 0.399 e. The smallest absolute Gasteiger partial charge is 0.185 e. The predicted octanol–water partition coefficient (Wildman–Crippen LogP) is 4.98. The molecule has 0 aromatic heterocycles. The molecule has 3 unspecified atom stereocenters. The number of hydrogen-bond acceptors (Lipinski definition) is 4. The molecule has 0 radical (unpaired) electrons. The number of hydrogen-bond donors (Lipinski definition) is 0. The minimum absolute atomic E-state index is 0.244. The van der Waals surface area contributed by atoms with E-state index in [1.807, 2.05) is 6.08 Å². The topological polar surface area (TPSA) is 67.2 Å². The average Bonchev–Trinajstić information content (AvgIpc) is 2.85. The molecule has 0 aliphatic heterocycles. The van der Waals surface area contributed by atoms with Crippen molar-refractivity contribution in [3.63, 3.8) is 0 Å². The highest BCUT2D eigenvalue weighted by Gasteiger charge is 2.60. The summed E-state index contributed by atoms with van der Waals surface area (Å²) in [6.45, 7) is 14.5. The van der Waals surface area contributed by atoms with Crippen LogP contribution in [-0.4, -0.2) is 26.5 Å². The van der Waals surface area contributed by atoms with Gasteiger partial charge in [0.05, 0.1) is 6.07 Å². The molecule has 5 heteroatoms. The summed E-state index contributed by atoms with van der Waals surface area (Å²) >= 11 is 0. The van der Waals surface area contributed by atoms with Crippen LogP contribution in [0.3, 0.4) is 0 Å². The Balaban J connectivity index is 3.22. The van der Waals surface area contributed by atoms with Gasteiger partial charge in [0.2, 0.25) is 0 Å². The second kappa shape index (κ2) is 8.92. The predicted molar refractivity (Wildman–Crippen MR) is 107 cm³/mol. The van der Waals surface area contributed by atoms with Gasteiger partial charge in [0.1, 0.15) is 12.6 Å². The molecule has 1 fully saturated rings. The summed E-state index contributed by atoms with van der Waals surface area (Å²) in [5.74, 6) is 0.244. The maximum absolute atomic E-state index is 10.9. The van der Waals surface area contributed by atoms with E-state index in [2.05, 4.69) is 39.2 Å². The summed E-state index contributed by atoms with van der Waals surface area (Å²) in [5.41, 5.74) is 0.289. The second-order valence-electron chi connectivity index (χ2n) is 8.54. The van der Waals surface area contributed by atoms with Gasteiger partial charge in [-0.25, -0.2) is 0 Å². The molecule has 0 heterocycles. The van der Waals surface area contributed by atoms with Crippen molar-refractivity contribution in [1.29, 1.82) is 5.26 Å². The zero-order valence-electron chi connectivity index (χ0n) is 16.9. The van der Waals surface area contributed by atoms with Gasteiger partial charge in [0, 0.05) is 11.8 Å². The molecule has 0 amide bonds. The van der Waals surface area contributed by atoms with E-state index in [9.17, 15) is 14.9 Å². The van der Waals surface area contributed by atoms with Crippen molar-refractivity contribution in [3.05, 3.63) is 23.8 Å². The number of nitriles is 1. The Morgan fingerprint density at radius 1 is 1.35 bits per heavy atom. The maximum Gasteiger partial charge on any atom is 0.185 e. The van der Waals surface area contributed by atoms with Crippen LogP contribution in [0.1, 0.15) is 52.4 Å². The normalized spacial score (nSPS) is 29.2.